The summed E-state index contributed by atoms with van der Waals surface area (Å²) in [5, 5.41) is 2.76. The number of aryl methyl sites for hydroxylation is 1. The third kappa shape index (κ3) is 3.73. The van der Waals surface area contributed by atoms with Crippen molar-refractivity contribution in [3.05, 3.63) is 63.1 Å². The Morgan fingerprint density at radius 1 is 1.28 bits per heavy atom. The summed E-state index contributed by atoms with van der Waals surface area (Å²) in [5.74, 6) is 0.129. The molecular formula is C17H15F3N2O2S. The monoisotopic (exact) mass is 368 g/mol. The molecular weight excluding hydrogens is 353 g/mol. The highest BCUT2D eigenvalue weighted by Gasteiger charge is 2.32. The predicted octanol–water partition coefficient (Wildman–Crippen LogP) is 3.67. The maximum absolute atomic E-state index is 12.6. The van der Waals surface area contributed by atoms with Crippen LogP contribution < -0.4 is 10.9 Å². The van der Waals surface area contributed by atoms with Gasteiger partial charge in [-0.3, -0.25) is 9.59 Å². The van der Waals surface area contributed by atoms with E-state index in [1.807, 2.05) is 25.1 Å². The van der Waals surface area contributed by atoms with Crippen molar-refractivity contribution in [1.29, 1.82) is 0 Å². The SMILES string of the molecule is Cc1ccc2c(c1)C(NC(=O)c1ccc(C(F)(F)F)[nH]c1=O)CCS2. The summed E-state index contributed by atoms with van der Waals surface area (Å²) >= 11 is 1.69. The Labute approximate surface area is 145 Å². The number of H-pyrrole nitrogens is 1. The second-order valence-corrected chi connectivity index (χ2v) is 6.95. The minimum Gasteiger partial charge on any atom is -0.345 e. The Kier molecular flexibility index (Phi) is 4.64. The van der Waals surface area contributed by atoms with Crippen LogP contribution in [0.25, 0.3) is 0 Å². The van der Waals surface area contributed by atoms with E-state index in [1.165, 1.54) is 0 Å². The molecule has 1 unspecified atom stereocenters. The molecule has 1 aromatic heterocycles. The Morgan fingerprint density at radius 3 is 2.72 bits per heavy atom. The van der Waals surface area contributed by atoms with E-state index in [4.69, 9.17) is 0 Å². The number of nitrogens with one attached hydrogen (secondary N) is 2. The number of pyridine rings is 1. The van der Waals surface area contributed by atoms with E-state index in [0.717, 1.165) is 27.8 Å². The van der Waals surface area contributed by atoms with Crippen LogP contribution in [0.3, 0.4) is 0 Å². The number of halogens is 3. The van der Waals surface area contributed by atoms with Crippen LogP contribution in [0.4, 0.5) is 13.2 Å². The van der Waals surface area contributed by atoms with Crippen LogP contribution in [0.5, 0.6) is 0 Å². The average Bonchev–Trinajstić information content (AvgIpc) is 2.54. The van der Waals surface area contributed by atoms with E-state index < -0.39 is 23.3 Å². The Bertz CT molecular complexity index is 877. The van der Waals surface area contributed by atoms with E-state index in [1.54, 1.807) is 16.7 Å². The van der Waals surface area contributed by atoms with Crippen LogP contribution in [0.15, 0.2) is 40.0 Å². The molecule has 2 heterocycles. The van der Waals surface area contributed by atoms with Gasteiger partial charge in [0.1, 0.15) is 11.3 Å². The lowest BCUT2D eigenvalue weighted by atomic mass is 10.0. The molecule has 132 valence electrons. The molecule has 0 fully saturated rings. The molecule has 1 aliphatic rings. The number of thioether (sulfide) groups is 1. The van der Waals surface area contributed by atoms with Gasteiger partial charge in [0.25, 0.3) is 11.5 Å². The summed E-state index contributed by atoms with van der Waals surface area (Å²) in [6.45, 7) is 1.94. The lowest BCUT2D eigenvalue weighted by molar-refractivity contribution is -0.141. The third-order valence-electron chi connectivity index (χ3n) is 3.97. The highest BCUT2D eigenvalue weighted by atomic mass is 32.2. The molecule has 0 spiro atoms. The standard InChI is InChI=1S/C17H15F3N2O2S/c1-9-2-4-13-11(8-9)12(6-7-25-13)21-15(23)10-3-5-14(17(18,19)20)22-16(10)24/h2-5,8,12H,6-7H2,1H3,(H,21,23)(H,22,24). The number of aromatic nitrogens is 1. The van der Waals surface area contributed by atoms with Gasteiger partial charge in [0, 0.05) is 10.6 Å². The van der Waals surface area contributed by atoms with Gasteiger partial charge in [-0.15, -0.1) is 11.8 Å². The fourth-order valence-corrected chi connectivity index (χ4v) is 3.82. The maximum atomic E-state index is 12.6. The molecule has 0 saturated carbocycles. The quantitative estimate of drug-likeness (QED) is 0.850. The second kappa shape index (κ2) is 6.59. The van der Waals surface area contributed by atoms with Gasteiger partial charge in [0.2, 0.25) is 0 Å². The zero-order valence-corrected chi connectivity index (χ0v) is 14.1. The van der Waals surface area contributed by atoms with Gasteiger partial charge in [0.15, 0.2) is 0 Å². The molecule has 25 heavy (non-hydrogen) atoms. The number of carbonyl (C=O) groups excluding carboxylic acids is 1. The molecule has 2 N–H and O–H groups in total. The van der Waals surface area contributed by atoms with Gasteiger partial charge in [-0.05, 0) is 37.1 Å². The zero-order chi connectivity index (χ0) is 18.2. The normalized spacial score (nSPS) is 17.0. The Balaban J connectivity index is 1.85. The summed E-state index contributed by atoms with van der Waals surface area (Å²) in [4.78, 5) is 27.0. The number of amides is 1. The molecule has 4 nitrogen and oxygen atoms in total. The molecule has 2 aromatic rings. The number of aromatic amines is 1. The van der Waals surface area contributed by atoms with Crippen molar-refractivity contribution in [3.8, 4) is 0 Å². The van der Waals surface area contributed by atoms with Gasteiger partial charge in [-0.2, -0.15) is 13.2 Å². The van der Waals surface area contributed by atoms with Gasteiger partial charge in [0.05, 0.1) is 6.04 Å². The van der Waals surface area contributed by atoms with Crippen LogP contribution in [0, 0.1) is 6.92 Å². The molecule has 1 atom stereocenters. The number of alkyl halides is 3. The van der Waals surface area contributed by atoms with Crippen molar-refractivity contribution >= 4 is 17.7 Å². The highest BCUT2D eigenvalue weighted by Crippen LogP contribution is 2.36. The van der Waals surface area contributed by atoms with Crippen LogP contribution >= 0.6 is 11.8 Å². The van der Waals surface area contributed by atoms with E-state index in [2.05, 4.69) is 5.32 Å². The molecule has 0 radical (unpaired) electrons. The topological polar surface area (TPSA) is 62.0 Å². The first-order valence-electron chi connectivity index (χ1n) is 7.60. The van der Waals surface area contributed by atoms with Gasteiger partial charge < -0.3 is 10.3 Å². The summed E-state index contributed by atoms with van der Waals surface area (Å²) in [5.41, 5.74) is -0.549. The molecule has 8 heteroatoms. The van der Waals surface area contributed by atoms with Crippen molar-refractivity contribution in [2.24, 2.45) is 0 Å². The number of carbonyl (C=O) groups is 1. The molecule has 1 aromatic carbocycles. The summed E-state index contributed by atoms with van der Waals surface area (Å²) in [6.07, 6.45) is -3.98. The number of hydrogen-bond acceptors (Lipinski definition) is 3. The molecule has 3 rings (SSSR count). The number of hydrogen-bond donors (Lipinski definition) is 2. The number of fused-ring (bicyclic) bond motifs is 1. The highest BCUT2D eigenvalue weighted by molar-refractivity contribution is 7.99. The molecule has 1 amide bonds. The Morgan fingerprint density at radius 2 is 2.04 bits per heavy atom. The van der Waals surface area contributed by atoms with Crippen LogP contribution in [-0.4, -0.2) is 16.6 Å². The second-order valence-electron chi connectivity index (χ2n) is 5.82. The third-order valence-corrected chi connectivity index (χ3v) is 5.09. The summed E-state index contributed by atoms with van der Waals surface area (Å²) < 4.78 is 37.8. The van der Waals surface area contributed by atoms with E-state index in [0.29, 0.717) is 12.5 Å². The maximum Gasteiger partial charge on any atom is 0.431 e. The zero-order valence-electron chi connectivity index (χ0n) is 13.2. The first kappa shape index (κ1) is 17.6. The first-order valence-corrected chi connectivity index (χ1v) is 8.59. The summed E-state index contributed by atoms with van der Waals surface area (Å²) in [6, 6.07) is 7.28. The van der Waals surface area contributed by atoms with Crippen molar-refractivity contribution in [2.75, 3.05) is 5.75 Å². The Hall–Kier alpha value is -2.22. The van der Waals surface area contributed by atoms with Gasteiger partial charge in [-0.1, -0.05) is 17.7 Å². The molecule has 0 bridgehead atoms. The van der Waals surface area contributed by atoms with E-state index >= 15 is 0 Å². The molecule has 1 aliphatic heterocycles. The van der Waals surface area contributed by atoms with Crippen LogP contribution in [0.1, 0.15) is 39.6 Å². The smallest absolute Gasteiger partial charge is 0.345 e. The van der Waals surface area contributed by atoms with Crippen LogP contribution in [-0.2, 0) is 6.18 Å². The van der Waals surface area contributed by atoms with Gasteiger partial charge in [-0.25, -0.2) is 0 Å². The molecule has 0 saturated heterocycles. The van der Waals surface area contributed by atoms with Crippen LogP contribution in [0.2, 0.25) is 0 Å². The van der Waals surface area contributed by atoms with Gasteiger partial charge >= 0.3 is 6.18 Å². The predicted molar refractivity (Wildman–Crippen MR) is 88.8 cm³/mol. The number of benzene rings is 1. The van der Waals surface area contributed by atoms with Crippen molar-refractivity contribution in [2.45, 2.75) is 30.5 Å². The number of rotatable bonds is 2. The molecule has 0 aliphatic carbocycles. The lowest BCUT2D eigenvalue weighted by Crippen LogP contribution is -2.34. The minimum absolute atomic E-state index is 0.273. The lowest BCUT2D eigenvalue weighted by Gasteiger charge is -2.26. The van der Waals surface area contributed by atoms with Crippen molar-refractivity contribution in [3.63, 3.8) is 0 Å². The largest absolute Gasteiger partial charge is 0.431 e. The summed E-state index contributed by atoms with van der Waals surface area (Å²) in [7, 11) is 0. The first-order chi connectivity index (χ1) is 11.8. The van der Waals surface area contributed by atoms with Crippen molar-refractivity contribution < 1.29 is 18.0 Å². The van der Waals surface area contributed by atoms with E-state index in [9.17, 15) is 22.8 Å². The fraction of sp³-hybridized carbons (Fsp3) is 0.294. The average molecular weight is 368 g/mol. The minimum atomic E-state index is -4.66. The van der Waals surface area contributed by atoms with E-state index in [-0.39, 0.29) is 11.6 Å². The van der Waals surface area contributed by atoms with Crippen molar-refractivity contribution in [1.82, 2.24) is 10.3 Å². The fourth-order valence-electron chi connectivity index (χ4n) is 2.72.